The summed E-state index contributed by atoms with van der Waals surface area (Å²) in [5, 5.41) is 0. The molecule has 0 aliphatic heterocycles. The molecule has 0 aromatic heterocycles. The zero-order chi connectivity index (χ0) is 12.9. The van der Waals surface area contributed by atoms with E-state index in [0.29, 0.717) is 13.0 Å². The Kier molecular flexibility index (Phi) is 6.94. The molecular weight excluding hydrogens is 375 g/mol. The Labute approximate surface area is 111 Å². The Morgan fingerprint density at radius 2 is 1.88 bits per heavy atom. The van der Waals surface area contributed by atoms with E-state index in [-0.39, 0.29) is 11.9 Å². The molecule has 0 heterocycles. The first-order valence-electron chi connectivity index (χ1n) is 5.39. The third-order valence-corrected chi connectivity index (χ3v) is 9.20. The van der Waals surface area contributed by atoms with Crippen molar-refractivity contribution in [3.05, 3.63) is 21.2 Å². The number of hydrogen-bond acceptors (Lipinski definition) is 2. The molecule has 0 saturated carbocycles. The van der Waals surface area contributed by atoms with Gasteiger partial charge in [-0.3, -0.25) is 0 Å². The van der Waals surface area contributed by atoms with Crippen molar-refractivity contribution >= 4 is 40.3 Å². The van der Waals surface area contributed by atoms with Crippen LogP contribution >= 0.6 is 15.9 Å². The Bertz CT molecular complexity index is 292. The minimum absolute atomic E-state index is 0.167. The van der Waals surface area contributed by atoms with E-state index in [9.17, 15) is 4.79 Å². The van der Waals surface area contributed by atoms with Gasteiger partial charge in [0.15, 0.2) is 0 Å². The molecule has 2 nitrogen and oxygen atoms in total. The summed E-state index contributed by atoms with van der Waals surface area (Å²) in [5.74, 6) is -0.387. The van der Waals surface area contributed by atoms with Crippen molar-refractivity contribution in [2.75, 3.05) is 6.61 Å². The molecule has 0 radical (unpaired) electrons. The molecule has 0 aromatic carbocycles. The van der Waals surface area contributed by atoms with E-state index in [1.807, 2.05) is 6.92 Å². The third kappa shape index (κ3) is 5.53. The summed E-state index contributed by atoms with van der Waals surface area (Å²) in [4.78, 5) is 18.6. The predicted octanol–water partition coefficient (Wildman–Crippen LogP) is 3.90. The molecule has 0 amide bonds. The molecule has 0 N–H and O–H groups in total. The molecule has 0 aliphatic carbocycles. The second-order valence-corrected chi connectivity index (χ2v) is 20.6. The topological polar surface area (TPSA) is 26.3 Å². The second-order valence-electron chi connectivity index (χ2n) is 4.80. The Balaban J connectivity index is 4.87. The minimum atomic E-state index is -2.27. The van der Waals surface area contributed by atoms with Gasteiger partial charge in [-0.1, -0.05) is 0 Å². The fourth-order valence-corrected chi connectivity index (χ4v) is 5.27. The van der Waals surface area contributed by atoms with Crippen LogP contribution in [0.3, 0.4) is 0 Å². The quantitative estimate of drug-likeness (QED) is 0.503. The van der Waals surface area contributed by atoms with Gasteiger partial charge in [-0.2, -0.15) is 0 Å². The average Bonchev–Trinajstić information content (AvgIpc) is 2.11. The van der Waals surface area contributed by atoms with E-state index in [0.717, 1.165) is 8.07 Å². The van der Waals surface area contributed by atoms with Crippen LogP contribution in [-0.2, 0) is 9.53 Å². The number of carbonyl (C=O) groups excluding carboxylic acids is 1. The fraction of sp³-hybridized carbons (Fsp3) is 0.583. The summed E-state index contributed by atoms with van der Waals surface area (Å²) in [7, 11) is 0. The third-order valence-electron chi connectivity index (χ3n) is 2.38. The molecule has 0 bridgehead atoms. The normalized spacial score (nSPS) is 13.1. The molecule has 4 heteroatoms. The molecule has 0 saturated heterocycles. The van der Waals surface area contributed by atoms with Crippen molar-refractivity contribution in [1.29, 1.82) is 0 Å². The average molecular weight is 396 g/mol. The molecule has 1 unspecified atom stereocenters. The van der Waals surface area contributed by atoms with Gasteiger partial charge >= 0.3 is 112 Å². The van der Waals surface area contributed by atoms with E-state index < -0.39 is 18.4 Å². The van der Waals surface area contributed by atoms with Gasteiger partial charge in [-0.15, -0.1) is 0 Å². The number of allylic oxidation sites excluding steroid dienone is 1. The van der Waals surface area contributed by atoms with Crippen LogP contribution in [0.1, 0.15) is 13.3 Å². The zero-order valence-corrected chi connectivity index (χ0v) is 15.0. The monoisotopic (exact) mass is 396 g/mol. The van der Waals surface area contributed by atoms with E-state index in [2.05, 4.69) is 43.9 Å². The second kappa shape index (κ2) is 6.84. The van der Waals surface area contributed by atoms with Gasteiger partial charge < -0.3 is 0 Å². The van der Waals surface area contributed by atoms with Crippen LogP contribution in [0.5, 0.6) is 0 Å². The van der Waals surface area contributed by atoms with Gasteiger partial charge in [0.25, 0.3) is 0 Å². The summed E-state index contributed by atoms with van der Waals surface area (Å²) in [6, 6.07) is 0. The van der Waals surface area contributed by atoms with Gasteiger partial charge in [0.05, 0.1) is 0 Å². The van der Waals surface area contributed by atoms with Gasteiger partial charge in [0.1, 0.15) is 0 Å². The van der Waals surface area contributed by atoms with E-state index in [1.165, 1.54) is 0 Å². The number of rotatable bonds is 6. The number of esters is 1. The van der Waals surface area contributed by atoms with Crippen LogP contribution in [0.4, 0.5) is 0 Å². The molecule has 0 aliphatic rings. The Morgan fingerprint density at radius 1 is 1.38 bits per heavy atom. The van der Waals surface area contributed by atoms with E-state index in [1.54, 1.807) is 0 Å². The molecule has 0 fully saturated rings. The van der Waals surface area contributed by atoms with Crippen molar-refractivity contribution in [1.82, 2.24) is 0 Å². The first-order valence-corrected chi connectivity index (χ1v) is 16.2. The van der Waals surface area contributed by atoms with E-state index in [4.69, 9.17) is 4.74 Å². The summed E-state index contributed by atoms with van der Waals surface area (Å²) in [6.07, 6.45) is 0.589. The van der Waals surface area contributed by atoms with Crippen LogP contribution in [0.25, 0.3) is 0 Å². The predicted molar refractivity (Wildman–Crippen MR) is 75.3 cm³/mol. The molecule has 0 rings (SSSR count). The molecule has 0 spiro atoms. The molecule has 92 valence electrons. The molecule has 1 atom stereocenters. The first-order chi connectivity index (χ1) is 7.20. The van der Waals surface area contributed by atoms with Crippen molar-refractivity contribution in [3.63, 3.8) is 0 Å². The number of halogens is 1. The van der Waals surface area contributed by atoms with Crippen molar-refractivity contribution in [2.45, 2.75) is 28.2 Å². The number of ether oxygens (including phenoxy) is 1. The van der Waals surface area contributed by atoms with Gasteiger partial charge in [-0.05, 0) is 0 Å². The van der Waals surface area contributed by atoms with Gasteiger partial charge in [0, 0.05) is 0 Å². The van der Waals surface area contributed by atoms with Crippen LogP contribution in [0, 0.1) is 5.92 Å². The van der Waals surface area contributed by atoms with Crippen molar-refractivity contribution in [3.8, 4) is 0 Å². The standard InChI is InChI=1S/C9H12BrO2.3CH3.Sn/c1-4-8(6-7(3)10)9(11)12-5-2;;;;/h8H,1,3,5-6H2,2H3;3*1H3;. The Hall–Kier alpha value is 0.229. The summed E-state index contributed by atoms with van der Waals surface area (Å²) < 4.78 is 7.01. The summed E-state index contributed by atoms with van der Waals surface area (Å²) in [6.45, 7) is 10.1. The number of hydrogen-bond donors (Lipinski definition) is 0. The van der Waals surface area contributed by atoms with Crippen molar-refractivity contribution < 1.29 is 9.53 Å². The summed E-state index contributed by atoms with van der Waals surface area (Å²) in [5.41, 5.74) is 0. The first kappa shape index (κ1) is 16.2. The maximum absolute atomic E-state index is 11.9. The fourth-order valence-electron chi connectivity index (χ4n) is 1.34. The van der Waals surface area contributed by atoms with Crippen LogP contribution in [-0.4, -0.2) is 31.0 Å². The van der Waals surface area contributed by atoms with Crippen molar-refractivity contribution in [2.24, 2.45) is 5.92 Å². The maximum atomic E-state index is 11.9. The molecular formula is C12H21BrO2Sn. The van der Waals surface area contributed by atoms with Gasteiger partial charge in [-0.25, -0.2) is 0 Å². The van der Waals surface area contributed by atoms with E-state index >= 15 is 0 Å². The summed E-state index contributed by atoms with van der Waals surface area (Å²) >= 11 is 1.04. The Morgan fingerprint density at radius 3 is 2.19 bits per heavy atom. The van der Waals surface area contributed by atoms with Gasteiger partial charge in [0.2, 0.25) is 0 Å². The number of carbonyl (C=O) groups is 1. The van der Waals surface area contributed by atoms with Crippen LogP contribution in [0.2, 0.25) is 14.8 Å². The van der Waals surface area contributed by atoms with Crippen LogP contribution < -0.4 is 0 Å². The molecule has 16 heavy (non-hydrogen) atoms. The molecule has 0 aromatic rings. The zero-order valence-electron chi connectivity index (χ0n) is 10.6. The SMILES string of the molecule is C=C(Br)CC([C](=C)[Sn]([CH3])([CH3])[CH3])C(=O)OCC. The van der Waals surface area contributed by atoms with Crippen LogP contribution in [0.15, 0.2) is 21.2 Å².